The van der Waals surface area contributed by atoms with Crippen LogP contribution in [-0.4, -0.2) is 23.6 Å². The third kappa shape index (κ3) is 2.00. The maximum atomic E-state index is 10.8. The van der Waals surface area contributed by atoms with Gasteiger partial charge >= 0.3 is 5.97 Å². The van der Waals surface area contributed by atoms with Crippen LogP contribution in [-0.2, 0) is 9.59 Å². The Hall–Kier alpha value is -2.37. The lowest BCUT2D eigenvalue weighted by Crippen LogP contribution is -2.05. The highest BCUT2D eigenvalue weighted by molar-refractivity contribution is 5.97. The number of nitroso groups, excluding NO2 is 1. The van der Waals surface area contributed by atoms with Crippen LogP contribution in [0, 0.1) is 4.91 Å². The average Bonchev–Trinajstić information content (AvgIpc) is 2.30. The molecule has 0 radical (unpaired) electrons. The number of aldehydes is 2. The fourth-order valence-electron chi connectivity index (χ4n) is 1.28. The number of carbonyl (C=O) groups is 3. The van der Waals surface area contributed by atoms with Crippen molar-refractivity contribution in [2.75, 3.05) is 0 Å². The summed E-state index contributed by atoms with van der Waals surface area (Å²) < 4.78 is 0. The molecule has 1 aromatic carbocycles. The first-order valence-electron chi connectivity index (χ1n) is 4.25. The van der Waals surface area contributed by atoms with Gasteiger partial charge in [0.2, 0.25) is 0 Å². The SMILES string of the molecule is O=CC(C=O)c1cccc(C(=O)O)c1N=O. The molecule has 0 amide bonds. The number of carbonyl (C=O) groups excluding carboxylic acids is 2. The largest absolute Gasteiger partial charge is 0.478 e. The Labute approximate surface area is 89.9 Å². The zero-order valence-corrected chi connectivity index (χ0v) is 7.99. The fourth-order valence-corrected chi connectivity index (χ4v) is 1.28. The quantitative estimate of drug-likeness (QED) is 0.458. The van der Waals surface area contributed by atoms with Crippen molar-refractivity contribution in [3.8, 4) is 0 Å². The van der Waals surface area contributed by atoms with Crippen molar-refractivity contribution < 1.29 is 19.5 Å². The Kier molecular flexibility index (Phi) is 3.60. The summed E-state index contributed by atoms with van der Waals surface area (Å²) in [6.45, 7) is 0. The lowest BCUT2D eigenvalue weighted by atomic mass is 9.97. The molecule has 0 saturated heterocycles. The summed E-state index contributed by atoms with van der Waals surface area (Å²) in [4.78, 5) is 42.4. The average molecular weight is 221 g/mol. The summed E-state index contributed by atoms with van der Waals surface area (Å²) in [5.74, 6) is -2.51. The molecular formula is C10H7NO5. The second-order valence-corrected chi connectivity index (χ2v) is 2.94. The molecule has 0 aliphatic heterocycles. The Balaban J connectivity index is 3.45. The molecule has 0 aliphatic rings. The highest BCUT2D eigenvalue weighted by atomic mass is 16.4. The molecule has 1 N–H and O–H groups in total. The van der Waals surface area contributed by atoms with Crippen LogP contribution in [0.15, 0.2) is 23.4 Å². The predicted molar refractivity (Wildman–Crippen MR) is 53.7 cm³/mol. The van der Waals surface area contributed by atoms with Crippen LogP contribution >= 0.6 is 0 Å². The molecule has 6 nitrogen and oxygen atoms in total. The topological polar surface area (TPSA) is 101 Å². The normalized spacial score (nSPS) is 9.81. The van der Waals surface area contributed by atoms with Gasteiger partial charge in [-0.15, -0.1) is 4.91 Å². The van der Waals surface area contributed by atoms with Gasteiger partial charge in [-0.05, 0) is 16.8 Å². The molecule has 0 unspecified atom stereocenters. The molecule has 0 aromatic heterocycles. The predicted octanol–water partition coefficient (Wildman–Crippen LogP) is 1.26. The van der Waals surface area contributed by atoms with Crippen LogP contribution in [0.25, 0.3) is 0 Å². The summed E-state index contributed by atoms with van der Waals surface area (Å²) in [7, 11) is 0. The molecule has 0 spiro atoms. The number of nitrogens with zero attached hydrogens (tertiary/aromatic N) is 1. The van der Waals surface area contributed by atoms with Crippen molar-refractivity contribution in [1.82, 2.24) is 0 Å². The third-order valence-corrected chi connectivity index (χ3v) is 2.04. The molecule has 0 fully saturated rings. The molecule has 6 heteroatoms. The Bertz CT molecular complexity index is 447. The zero-order chi connectivity index (χ0) is 12.1. The first-order chi connectivity index (χ1) is 7.65. The number of aromatic carboxylic acids is 1. The maximum absolute atomic E-state index is 10.8. The molecule has 1 rings (SSSR count). The molecule has 0 heterocycles. The Morgan fingerprint density at radius 1 is 1.31 bits per heavy atom. The van der Waals surface area contributed by atoms with Crippen molar-refractivity contribution in [2.24, 2.45) is 5.18 Å². The van der Waals surface area contributed by atoms with Crippen molar-refractivity contribution in [1.29, 1.82) is 0 Å². The molecule has 0 aliphatic carbocycles. The second kappa shape index (κ2) is 4.92. The maximum Gasteiger partial charge on any atom is 0.338 e. The molecule has 16 heavy (non-hydrogen) atoms. The van der Waals surface area contributed by atoms with Crippen LogP contribution < -0.4 is 0 Å². The lowest BCUT2D eigenvalue weighted by Gasteiger charge is -2.07. The minimum Gasteiger partial charge on any atom is -0.478 e. The van der Waals surface area contributed by atoms with Gasteiger partial charge in [-0.2, -0.15) is 0 Å². The first-order valence-corrected chi connectivity index (χ1v) is 4.25. The smallest absolute Gasteiger partial charge is 0.338 e. The number of hydrogen-bond donors (Lipinski definition) is 1. The number of hydrogen-bond acceptors (Lipinski definition) is 5. The van der Waals surface area contributed by atoms with Crippen molar-refractivity contribution in [2.45, 2.75) is 5.92 Å². The molecule has 1 aromatic rings. The van der Waals surface area contributed by atoms with Crippen LogP contribution in [0.3, 0.4) is 0 Å². The minimum absolute atomic E-state index is 0.0000926. The van der Waals surface area contributed by atoms with Gasteiger partial charge in [0, 0.05) is 0 Å². The molecule has 0 saturated carbocycles. The number of carboxylic acid groups (broad SMARTS) is 1. The summed E-state index contributed by atoms with van der Waals surface area (Å²) in [5.41, 5.74) is -0.722. The number of rotatable bonds is 5. The van der Waals surface area contributed by atoms with Crippen LogP contribution in [0.1, 0.15) is 21.8 Å². The van der Waals surface area contributed by atoms with E-state index in [1.54, 1.807) is 0 Å². The second-order valence-electron chi connectivity index (χ2n) is 2.94. The van der Waals surface area contributed by atoms with E-state index in [9.17, 15) is 19.3 Å². The van der Waals surface area contributed by atoms with E-state index in [0.717, 1.165) is 0 Å². The van der Waals surface area contributed by atoms with E-state index in [2.05, 4.69) is 5.18 Å². The first kappa shape index (κ1) is 11.7. The number of benzene rings is 1. The van der Waals surface area contributed by atoms with Gasteiger partial charge in [-0.25, -0.2) is 4.79 Å². The standard InChI is InChI=1S/C10H7NO5/c12-4-6(5-13)7-2-1-3-8(10(14)15)9(7)11-16/h1-6H,(H,14,15). The van der Waals surface area contributed by atoms with Gasteiger partial charge < -0.3 is 14.7 Å². The molecule has 0 atom stereocenters. The van der Waals surface area contributed by atoms with Crippen LogP contribution in [0.5, 0.6) is 0 Å². The van der Waals surface area contributed by atoms with E-state index in [0.29, 0.717) is 12.6 Å². The summed E-state index contributed by atoms with van der Waals surface area (Å²) in [6, 6.07) is 3.83. The minimum atomic E-state index is -1.34. The van der Waals surface area contributed by atoms with E-state index in [1.807, 2.05) is 0 Å². The third-order valence-electron chi connectivity index (χ3n) is 2.04. The van der Waals surface area contributed by atoms with Crippen molar-refractivity contribution in [3.63, 3.8) is 0 Å². The zero-order valence-electron chi connectivity index (χ0n) is 7.99. The Morgan fingerprint density at radius 3 is 2.38 bits per heavy atom. The van der Waals surface area contributed by atoms with Crippen LogP contribution in [0.4, 0.5) is 5.69 Å². The molecule has 82 valence electrons. The van der Waals surface area contributed by atoms with E-state index in [1.165, 1.54) is 18.2 Å². The molecular weight excluding hydrogens is 214 g/mol. The van der Waals surface area contributed by atoms with Crippen LogP contribution in [0.2, 0.25) is 0 Å². The van der Waals surface area contributed by atoms with Gasteiger partial charge in [0.05, 0.1) is 11.5 Å². The van der Waals surface area contributed by atoms with E-state index in [4.69, 9.17) is 5.11 Å². The number of carboxylic acids is 1. The Morgan fingerprint density at radius 2 is 1.94 bits per heavy atom. The summed E-state index contributed by atoms with van der Waals surface area (Å²) in [5, 5.41) is 11.3. The van der Waals surface area contributed by atoms with E-state index in [-0.39, 0.29) is 16.8 Å². The highest BCUT2D eigenvalue weighted by Gasteiger charge is 2.20. The van der Waals surface area contributed by atoms with E-state index < -0.39 is 11.9 Å². The van der Waals surface area contributed by atoms with Gasteiger partial charge in [0.15, 0.2) is 0 Å². The van der Waals surface area contributed by atoms with Gasteiger partial charge in [-0.1, -0.05) is 12.1 Å². The van der Waals surface area contributed by atoms with Gasteiger partial charge in [0.1, 0.15) is 18.3 Å². The van der Waals surface area contributed by atoms with Gasteiger partial charge in [-0.3, -0.25) is 0 Å². The van der Waals surface area contributed by atoms with Crippen molar-refractivity contribution in [3.05, 3.63) is 34.2 Å². The fraction of sp³-hybridized carbons (Fsp3) is 0.100. The highest BCUT2D eigenvalue weighted by Crippen LogP contribution is 2.29. The summed E-state index contributed by atoms with van der Waals surface area (Å²) >= 11 is 0. The van der Waals surface area contributed by atoms with Gasteiger partial charge in [0.25, 0.3) is 0 Å². The summed E-state index contributed by atoms with van der Waals surface area (Å²) in [6.07, 6.45) is 0.644. The van der Waals surface area contributed by atoms with E-state index >= 15 is 0 Å². The molecule has 0 bridgehead atoms. The van der Waals surface area contributed by atoms with Crippen molar-refractivity contribution >= 4 is 24.2 Å². The lowest BCUT2D eigenvalue weighted by molar-refractivity contribution is -0.116. The monoisotopic (exact) mass is 221 g/mol.